The highest BCUT2D eigenvalue weighted by Gasteiger charge is 2.58. The number of hydrogen-bond donors (Lipinski definition) is 0. The molecule has 0 atom stereocenters. The van der Waals surface area contributed by atoms with E-state index in [1.807, 2.05) is 13.8 Å². The zero-order valence-corrected chi connectivity index (χ0v) is 34.7. The molecule has 0 unspecified atom stereocenters. The third kappa shape index (κ3) is 21.4. The van der Waals surface area contributed by atoms with E-state index in [1.54, 1.807) is 0 Å². The molecule has 15 heteroatoms. The Morgan fingerprint density at radius 1 is 0.463 bits per heavy atom. The summed E-state index contributed by atoms with van der Waals surface area (Å²) in [6.07, 6.45) is 3.45. The molecule has 41 heavy (non-hydrogen) atoms. The first-order valence-electron chi connectivity index (χ1n) is 15.3. The lowest BCUT2D eigenvalue weighted by Crippen LogP contribution is -2.67. The van der Waals surface area contributed by atoms with Gasteiger partial charge in [0.05, 0.1) is 13.2 Å². The Balaban J connectivity index is 6.61. The second kappa shape index (κ2) is 17.5. The van der Waals surface area contributed by atoms with Crippen LogP contribution in [-0.2, 0) is 39.6 Å². The van der Waals surface area contributed by atoms with E-state index in [9.17, 15) is 9.59 Å². The molecule has 0 N–H and O–H groups in total. The van der Waals surface area contributed by atoms with Gasteiger partial charge >= 0.3 is 29.5 Å². The van der Waals surface area contributed by atoms with Crippen LogP contribution in [0.5, 0.6) is 0 Å². The normalized spacial score (nSPS) is 13.8. The standard InChI is InChI=1S/C26H62O9Si6/c1-15-19-25(27)29-21-17-23-40(31-36(3,4)5,32-37(6,7)8)35-41(33-38(9,10)11,34-39(12,13)14)24-18-22-30-26(28)20-16-2/h15-24H2,1-14H3. The predicted molar refractivity (Wildman–Crippen MR) is 181 cm³/mol. The van der Waals surface area contributed by atoms with Gasteiger partial charge in [-0.15, -0.1) is 0 Å². The average molecular weight is 687 g/mol. The van der Waals surface area contributed by atoms with Crippen molar-refractivity contribution in [1.29, 1.82) is 0 Å². The Bertz CT molecular complexity index is 690. The zero-order chi connectivity index (χ0) is 32.2. The summed E-state index contributed by atoms with van der Waals surface area (Å²) in [6.45, 7) is 30.2. The third-order valence-electron chi connectivity index (χ3n) is 4.85. The molecule has 0 aliphatic heterocycles. The molecule has 9 nitrogen and oxygen atoms in total. The average Bonchev–Trinajstić information content (AvgIpc) is 2.70. The monoisotopic (exact) mass is 686 g/mol. The molecule has 0 saturated heterocycles. The van der Waals surface area contributed by atoms with Crippen molar-refractivity contribution in [2.45, 2.75) is 143 Å². The van der Waals surface area contributed by atoms with Crippen LogP contribution in [0.25, 0.3) is 0 Å². The van der Waals surface area contributed by atoms with Crippen molar-refractivity contribution < 1.29 is 39.6 Å². The van der Waals surface area contributed by atoms with Crippen molar-refractivity contribution in [2.24, 2.45) is 0 Å². The van der Waals surface area contributed by atoms with Gasteiger partial charge in [0, 0.05) is 24.9 Å². The van der Waals surface area contributed by atoms with Gasteiger partial charge in [-0.25, -0.2) is 0 Å². The van der Waals surface area contributed by atoms with Gasteiger partial charge in [-0.2, -0.15) is 0 Å². The minimum atomic E-state index is -3.41. The van der Waals surface area contributed by atoms with Gasteiger partial charge in [-0.1, -0.05) is 13.8 Å². The van der Waals surface area contributed by atoms with Gasteiger partial charge in [-0.05, 0) is 104 Å². The first kappa shape index (κ1) is 41.0. The Morgan fingerprint density at radius 3 is 0.951 bits per heavy atom. The zero-order valence-electron chi connectivity index (χ0n) is 28.7. The van der Waals surface area contributed by atoms with E-state index in [1.165, 1.54) is 0 Å². The molecule has 0 bridgehead atoms. The molecular weight excluding hydrogens is 625 g/mol. The second-order valence-corrected chi connectivity index (χ2v) is 39.2. The van der Waals surface area contributed by atoms with Crippen molar-refractivity contribution in [3.8, 4) is 0 Å². The van der Waals surface area contributed by atoms with E-state index in [4.69, 9.17) is 30.0 Å². The molecule has 0 amide bonds. The maximum atomic E-state index is 12.1. The van der Waals surface area contributed by atoms with Gasteiger partial charge < -0.3 is 30.0 Å². The summed E-state index contributed by atoms with van der Waals surface area (Å²) in [5, 5.41) is 0. The van der Waals surface area contributed by atoms with E-state index in [0.29, 0.717) is 37.8 Å². The quantitative estimate of drug-likeness (QED) is 0.0643. The van der Waals surface area contributed by atoms with E-state index in [-0.39, 0.29) is 25.2 Å². The Morgan fingerprint density at radius 2 is 0.732 bits per heavy atom. The predicted octanol–water partition coefficient (Wildman–Crippen LogP) is 7.75. The number of ether oxygens (including phenoxy) is 2. The van der Waals surface area contributed by atoms with Gasteiger partial charge in [0.15, 0.2) is 33.3 Å². The molecule has 244 valence electrons. The minimum Gasteiger partial charge on any atom is -0.466 e. The maximum Gasteiger partial charge on any atom is 0.472 e. The molecule has 0 aliphatic carbocycles. The first-order valence-corrected chi connectivity index (χ1v) is 32.8. The second-order valence-electron chi connectivity index (χ2n) is 14.5. The van der Waals surface area contributed by atoms with E-state index >= 15 is 0 Å². The summed E-state index contributed by atoms with van der Waals surface area (Å²) >= 11 is 0. The van der Waals surface area contributed by atoms with Crippen molar-refractivity contribution >= 4 is 62.8 Å². The summed E-state index contributed by atoms with van der Waals surface area (Å²) < 4.78 is 46.2. The van der Waals surface area contributed by atoms with Crippen LogP contribution >= 0.6 is 0 Å². The van der Waals surface area contributed by atoms with Gasteiger partial charge in [0.1, 0.15) is 0 Å². The summed E-state index contributed by atoms with van der Waals surface area (Å²) in [5.41, 5.74) is 0. The largest absolute Gasteiger partial charge is 0.472 e. The van der Waals surface area contributed by atoms with Crippen LogP contribution in [0, 0.1) is 0 Å². The van der Waals surface area contributed by atoms with Crippen molar-refractivity contribution in [1.82, 2.24) is 0 Å². The third-order valence-corrected chi connectivity index (χ3v) is 24.0. The molecule has 0 aliphatic rings. The highest BCUT2D eigenvalue weighted by Crippen LogP contribution is 2.35. The van der Waals surface area contributed by atoms with Gasteiger partial charge in [-0.3, -0.25) is 9.59 Å². The summed E-state index contributed by atoms with van der Waals surface area (Å²) in [6, 6.07) is 1.01. The first-order chi connectivity index (χ1) is 18.4. The van der Waals surface area contributed by atoms with Crippen molar-refractivity contribution in [3.63, 3.8) is 0 Å². The highest BCUT2D eigenvalue weighted by atomic mass is 28.5. The molecular formula is C26H62O9Si6. The SMILES string of the molecule is CCCC(=O)OCCC[Si](O[Si](C)(C)C)(O[Si](C)(C)C)O[Si](CCCOC(=O)CCC)(O[Si](C)(C)C)O[Si](C)(C)C. The molecule has 0 aromatic rings. The molecule has 0 radical (unpaired) electrons. The van der Waals surface area contributed by atoms with E-state index < -0.39 is 50.9 Å². The van der Waals surface area contributed by atoms with Crippen LogP contribution in [-0.4, -0.2) is 76.0 Å². The fraction of sp³-hybridized carbons (Fsp3) is 0.923. The lowest BCUT2D eigenvalue weighted by molar-refractivity contribution is -0.144. The van der Waals surface area contributed by atoms with Gasteiger partial charge in [0.25, 0.3) is 0 Å². The lowest BCUT2D eigenvalue weighted by atomic mass is 10.3. The molecule has 0 fully saturated rings. The summed E-state index contributed by atoms with van der Waals surface area (Å²) in [7, 11) is -15.5. The van der Waals surface area contributed by atoms with Crippen molar-refractivity contribution in [3.05, 3.63) is 0 Å². The Kier molecular flexibility index (Phi) is 17.5. The number of esters is 2. The van der Waals surface area contributed by atoms with Crippen molar-refractivity contribution in [2.75, 3.05) is 13.2 Å². The summed E-state index contributed by atoms with van der Waals surface area (Å²) in [5.74, 6) is -0.383. The maximum absolute atomic E-state index is 12.1. The Labute approximate surface area is 257 Å². The molecule has 0 aromatic heterocycles. The van der Waals surface area contributed by atoms with Crippen LogP contribution in [0.1, 0.15) is 52.4 Å². The number of carbonyl (C=O) groups is 2. The molecule has 0 aromatic carbocycles. The van der Waals surface area contributed by atoms with E-state index in [2.05, 4.69) is 78.6 Å². The van der Waals surface area contributed by atoms with Crippen LogP contribution in [0.3, 0.4) is 0 Å². The smallest absolute Gasteiger partial charge is 0.466 e. The number of rotatable bonds is 22. The van der Waals surface area contributed by atoms with E-state index in [0.717, 1.165) is 12.8 Å². The molecule has 0 spiro atoms. The minimum absolute atomic E-state index is 0.191. The van der Waals surface area contributed by atoms with Gasteiger partial charge in [0.2, 0.25) is 0 Å². The Hall–Kier alpha value is 0.0413. The van der Waals surface area contributed by atoms with Crippen LogP contribution < -0.4 is 0 Å². The highest BCUT2D eigenvalue weighted by molar-refractivity contribution is 6.92. The molecule has 0 heterocycles. The lowest BCUT2D eigenvalue weighted by Gasteiger charge is -2.47. The van der Waals surface area contributed by atoms with Crippen LogP contribution in [0.15, 0.2) is 0 Å². The fourth-order valence-electron chi connectivity index (χ4n) is 4.04. The molecule has 0 saturated carbocycles. The number of carbonyl (C=O) groups excluding carboxylic acids is 2. The molecule has 0 rings (SSSR count). The topological polar surface area (TPSA) is 98.8 Å². The fourth-order valence-corrected chi connectivity index (χ4v) is 27.7. The number of hydrogen-bond acceptors (Lipinski definition) is 9. The van der Waals surface area contributed by atoms with Crippen LogP contribution in [0.2, 0.25) is 90.7 Å². The van der Waals surface area contributed by atoms with Crippen LogP contribution in [0.4, 0.5) is 0 Å². The summed E-state index contributed by atoms with van der Waals surface area (Å²) in [4.78, 5) is 24.1.